The van der Waals surface area contributed by atoms with Crippen LogP contribution in [0, 0.1) is 5.82 Å². The minimum Gasteiger partial charge on any atom is -0.286 e. The van der Waals surface area contributed by atoms with Gasteiger partial charge in [-0.05, 0) is 53.3 Å². The molecular formula is C21H16ClFN2OS2. The van der Waals surface area contributed by atoms with E-state index in [0.29, 0.717) is 33.6 Å². The summed E-state index contributed by atoms with van der Waals surface area (Å²) in [5.41, 5.74) is 2.79. The van der Waals surface area contributed by atoms with Crippen molar-refractivity contribution >= 4 is 44.9 Å². The van der Waals surface area contributed by atoms with Crippen LogP contribution in [0.15, 0.2) is 69.9 Å². The molecule has 2 aromatic carbocycles. The highest BCUT2D eigenvalue weighted by Gasteiger charge is 2.13. The molecule has 0 radical (unpaired) electrons. The van der Waals surface area contributed by atoms with Crippen LogP contribution in [0.3, 0.4) is 0 Å². The third-order valence-electron chi connectivity index (χ3n) is 4.35. The van der Waals surface area contributed by atoms with Crippen molar-refractivity contribution in [3.05, 3.63) is 92.3 Å². The van der Waals surface area contributed by atoms with Gasteiger partial charge in [-0.1, -0.05) is 47.6 Å². The van der Waals surface area contributed by atoms with E-state index in [1.807, 2.05) is 35.7 Å². The van der Waals surface area contributed by atoms with Crippen molar-refractivity contribution in [2.24, 2.45) is 0 Å². The lowest BCUT2D eigenvalue weighted by molar-refractivity contribution is 0.596. The van der Waals surface area contributed by atoms with E-state index in [4.69, 9.17) is 16.6 Å². The van der Waals surface area contributed by atoms with Gasteiger partial charge in [0.25, 0.3) is 5.56 Å². The summed E-state index contributed by atoms with van der Waals surface area (Å²) in [4.78, 5) is 17.7. The van der Waals surface area contributed by atoms with Crippen molar-refractivity contribution < 1.29 is 4.39 Å². The Balaban J connectivity index is 1.61. The Morgan fingerprint density at radius 3 is 2.50 bits per heavy atom. The summed E-state index contributed by atoms with van der Waals surface area (Å²) < 4.78 is 15.5. The van der Waals surface area contributed by atoms with Crippen molar-refractivity contribution in [1.82, 2.24) is 9.55 Å². The highest BCUT2D eigenvalue weighted by atomic mass is 35.5. The number of thiophene rings is 1. The van der Waals surface area contributed by atoms with E-state index in [2.05, 4.69) is 0 Å². The summed E-state index contributed by atoms with van der Waals surface area (Å²) in [5.74, 6) is 0.356. The van der Waals surface area contributed by atoms with E-state index in [1.165, 1.54) is 35.2 Å². The highest BCUT2D eigenvalue weighted by Crippen LogP contribution is 2.24. The Morgan fingerprint density at radius 2 is 1.75 bits per heavy atom. The van der Waals surface area contributed by atoms with Gasteiger partial charge >= 0.3 is 0 Å². The van der Waals surface area contributed by atoms with Crippen LogP contribution in [0.4, 0.5) is 4.39 Å². The zero-order valence-electron chi connectivity index (χ0n) is 14.8. The molecule has 142 valence electrons. The van der Waals surface area contributed by atoms with Gasteiger partial charge in [0.1, 0.15) is 10.5 Å². The normalized spacial score (nSPS) is 11.2. The number of fused-ring (bicyclic) bond motifs is 1. The maximum absolute atomic E-state index is 13.1. The summed E-state index contributed by atoms with van der Waals surface area (Å²) in [5, 5.41) is 3.25. The fourth-order valence-electron chi connectivity index (χ4n) is 2.85. The van der Waals surface area contributed by atoms with Crippen LogP contribution >= 0.6 is 34.7 Å². The third kappa shape index (κ3) is 4.29. The van der Waals surface area contributed by atoms with Crippen LogP contribution in [0.2, 0.25) is 5.02 Å². The van der Waals surface area contributed by atoms with E-state index in [0.717, 1.165) is 16.6 Å². The number of rotatable bonds is 6. The first-order valence-corrected chi connectivity index (χ1v) is 10.9. The lowest BCUT2D eigenvalue weighted by Crippen LogP contribution is -2.23. The summed E-state index contributed by atoms with van der Waals surface area (Å²) in [6.07, 6.45) is 0.708. The number of thioether (sulfide) groups is 1. The molecule has 3 nitrogen and oxygen atoms in total. The Hall–Kier alpha value is -2.15. The Kier molecular flexibility index (Phi) is 5.80. The molecule has 0 saturated carbocycles. The lowest BCUT2D eigenvalue weighted by Gasteiger charge is -2.12. The van der Waals surface area contributed by atoms with Gasteiger partial charge in [-0.25, -0.2) is 9.37 Å². The molecule has 7 heteroatoms. The van der Waals surface area contributed by atoms with E-state index in [9.17, 15) is 9.18 Å². The second-order valence-corrected chi connectivity index (χ2v) is 8.57. The Labute approximate surface area is 174 Å². The molecule has 0 unspecified atom stereocenters. The number of benzene rings is 2. The molecule has 0 spiro atoms. The van der Waals surface area contributed by atoms with Crippen molar-refractivity contribution in [1.29, 1.82) is 0 Å². The second-order valence-electron chi connectivity index (χ2n) is 6.28. The molecule has 4 rings (SSSR count). The minimum atomic E-state index is -0.258. The number of aryl methyl sites for hydroxylation is 1. The smallest absolute Gasteiger partial charge is 0.272 e. The number of hydrogen-bond donors (Lipinski definition) is 0. The molecule has 4 aromatic rings. The zero-order chi connectivity index (χ0) is 19.5. The van der Waals surface area contributed by atoms with Gasteiger partial charge in [0.2, 0.25) is 0 Å². The third-order valence-corrected chi connectivity index (χ3v) is 6.54. The topological polar surface area (TPSA) is 34.9 Å². The first kappa shape index (κ1) is 19.2. The first-order chi connectivity index (χ1) is 13.6. The van der Waals surface area contributed by atoms with Crippen LogP contribution in [0.5, 0.6) is 0 Å². The highest BCUT2D eigenvalue weighted by molar-refractivity contribution is 7.98. The predicted molar refractivity (Wildman–Crippen MR) is 115 cm³/mol. The summed E-state index contributed by atoms with van der Waals surface area (Å²) in [7, 11) is 0. The van der Waals surface area contributed by atoms with Crippen molar-refractivity contribution in [2.75, 3.05) is 0 Å². The molecule has 2 heterocycles. The SMILES string of the molecule is O=c1c2sccc2nc(SCc2ccc(F)cc2)n1CCc1ccc(Cl)cc1. The molecule has 0 aliphatic rings. The molecule has 0 aliphatic heterocycles. The molecular weight excluding hydrogens is 415 g/mol. The molecule has 0 amide bonds. The van der Waals surface area contributed by atoms with Crippen LogP contribution < -0.4 is 5.56 Å². The number of aromatic nitrogens is 2. The first-order valence-electron chi connectivity index (χ1n) is 8.70. The van der Waals surface area contributed by atoms with Crippen LogP contribution in [0.25, 0.3) is 10.2 Å². The van der Waals surface area contributed by atoms with Crippen molar-refractivity contribution in [3.63, 3.8) is 0 Å². The van der Waals surface area contributed by atoms with Gasteiger partial charge in [-0.15, -0.1) is 11.3 Å². The van der Waals surface area contributed by atoms with Crippen LogP contribution in [-0.4, -0.2) is 9.55 Å². The summed E-state index contributed by atoms with van der Waals surface area (Å²) in [6, 6.07) is 15.9. The predicted octanol–water partition coefficient (Wildman–Crippen LogP) is 5.79. The maximum Gasteiger partial charge on any atom is 0.272 e. The fourth-order valence-corrected chi connectivity index (χ4v) is 4.74. The van der Waals surface area contributed by atoms with Crippen molar-refractivity contribution in [2.45, 2.75) is 23.9 Å². The zero-order valence-corrected chi connectivity index (χ0v) is 17.2. The van der Waals surface area contributed by atoms with Gasteiger partial charge in [-0.3, -0.25) is 9.36 Å². The molecule has 0 N–H and O–H groups in total. The molecule has 0 atom stereocenters. The van der Waals surface area contributed by atoms with Gasteiger partial charge < -0.3 is 0 Å². The molecule has 0 aliphatic carbocycles. The standard InChI is InChI=1S/C21H16ClFN2OS2/c22-16-5-1-14(2-6-16)9-11-25-20(26)19-18(10-12-27-19)24-21(25)28-13-15-3-7-17(23)8-4-15/h1-8,10,12H,9,11,13H2. The van der Waals surface area contributed by atoms with E-state index < -0.39 is 0 Å². The van der Waals surface area contributed by atoms with Crippen molar-refractivity contribution in [3.8, 4) is 0 Å². The summed E-state index contributed by atoms with van der Waals surface area (Å²) >= 11 is 8.85. The Morgan fingerprint density at radius 1 is 1.04 bits per heavy atom. The molecule has 28 heavy (non-hydrogen) atoms. The van der Waals surface area contributed by atoms with Gasteiger partial charge in [0.15, 0.2) is 5.16 Å². The van der Waals surface area contributed by atoms with E-state index >= 15 is 0 Å². The minimum absolute atomic E-state index is 0.0180. The fraction of sp³-hybridized carbons (Fsp3) is 0.143. The van der Waals surface area contributed by atoms with E-state index in [1.54, 1.807) is 16.7 Å². The largest absolute Gasteiger partial charge is 0.286 e. The monoisotopic (exact) mass is 430 g/mol. The van der Waals surface area contributed by atoms with Gasteiger partial charge in [0.05, 0.1) is 5.52 Å². The number of nitrogens with zero attached hydrogens (tertiary/aromatic N) is 2. The maximum atomic E-state index is 13.1. The lowest BCUT2D eigenvalue weighted by atomic mass is 10.1. The van der Waals surface area contributed by atoms with Gasteiger partial charge in [0, 0.05) is 17.3 Å². The molecule has 0 bridgehead atoms. The Bertz CT molecular complexity index is 1150. The molecule has 0 fully saturated rings. The molecule has 2 aromatic heterocycles. The van der Waals surface area contributed by atoms with Gasteiger partial charge in [-0.2, -0.15) is 0 Å². The number of halogens is 2. The quantitative estimate of drug-likeness (QED) is 0.287. The van der Waals surface area contributed by atoms with Crippen LogP contribution in [0.1, 0.15) is 11.1 Å². The van der Waals surface area contributed by atoms with Crippen LogP contribution in [-0.2, 0) is 18.7 Å². The van der Waals surface area contributed by atoms with E-state index in [-0.39, 0.29) is 11.4 Å². The average Bonchev–Trinajstić information content (AvgIpc) is 3.17. The molecule has 0 saturated heterocycles. The summed E-state index contributed by atoms with van der Waals surface area (Å²) in [6.45, 7) is 0.535. The number of hydrogen-bond acceptors (Lipinski definition) is 4. The average molecular weight is 431 g/mol. The second kappa shape index (κ2) is 8.47.